The number of unbranched alkanes of at least 4 members (excludes halogenated alkanes) is 2. The zero-order valence-corrected chi connectivity index (χ0v) is 16.5. The lowest BCUT2D eigenvalue weighted by Crippen LogP contribution is -2.45. The van der Waals surface area contributed by atoms with Gasteiger partial charge >= 0.3 is 0 Å². The summed E-state index contributed by atoms with van der Waals surface area (Å²) in [7, 11) is 0. The first kappa shape index (κ1) is 17.6. The van der Waals surface area contributed by atoms with E-state index in [-0.39, 0.29) is 5.60 Å². The normalized spacial score (nSPS) is 24.7. The zero-order valence-electron chi connectivity index (χ0n) is 16.5. The molecule has 0 spiro atoms. The average Bonchev–Trinajstić information content (AvgIpc) is 2.51. The maximum Gasteiger partial charge on any atom is 0.124 e. The molecule has 1 heterocycles. The van der Waals surface area contributed by atoms with Gasteiger partial charge in [0.2, 0.25) is 0 Å². The smallest absolute Gasteiger partial charge is 0.124 e. The van der Waals surface area contributed by atoms with Crippen LogP contribution in [-0.4, -0.2) is 5.60 Å². The van der Waals surface area contributed by atoms with Gasteiger partial charge in [0, 0.05) is 11.5 Å². The fourth-order valence-electron chi connectivity index (χ4n) is 4.84. The largest absolute Gasteiger partial charge is 0.487 e. The monoisotopic (exact) mass is 326 g/mol. The lowest BCUT2D eigenvalue weighted by atomic mass is 9.66. The molecule has 0 fully saturated rings. The standard InChI is InChI=1S/C23H34O/c1-7-8-9-10-18-14-21-22(17(4)16(18)3)19-13-15(2)11-12-20(19)23(5,6)24-21/h11,14,19-20H,7-10,12-13H2,1-6H3. The van der Waals surface area contributed by atoms with Crippen molar-refractivity contribution in [2.75, 3.05) is 0 Å². The molecule has 0 aromatic heterocycles. The summed E-state index contributed by atoms with van der Waals surface area (Å²) >= 11 is 0. The van der Waals surface area contributed by atoms with Crippen molar-refractivity contribution in [1.29, 1.82) is 0 Å². The molecule has 0 bridgehead atoms. The van der Waals surface area contributed by atoms with Gasteiger partial charge in [0.15, 0.2) is 0 Å². The first-order valence-corrected chi connectivity index (χ1v) is 9.82. The lowest BCUT2D eigenvalue weighted by Gasteiger charge is -2.47. The fourth-order valence-corrected chi connectivity index (χ4v) is 4.84. The Hall–Kier alpha value is -1.24. The molecule has 132 valence electrons. The molecule has 2 atom stereocenters. The van der Waals surface area contributed by atoms with Crippen molar-refractivity contribution in [3.63, 3.8) is 0 Å². The molecule has 3 rings (SSSR count). The first-order valence-electron chi connectivity index (χ1n) is 9.82. The maximum atomic E-state index is 6.58. The Kier molecular flexibility index (Phi) is 4.82. The summed E-state index contributed by atoms with van der Waals surface area (Å²) in [6.07, 6.45) is 9.84. The van der Waals surface area contributed by atoms with E-state index >= 15 is 0 Å². The molecule has 1 aliphatic carbocycles. The quantitative estimate of drug-likeness (QED) is 0.445. The fraction of sp³-hybridized carbons (Fsp3) is 0.652. The number of hydrogen-bond acceptors (Lipinski definition) is 1. The molecule has 0 radical (unpaired) electrons. The highest BCUT2D eigenvalue weighted by atomic mass is 16.5. The summed E-state index contributed by atoms with van der Waals surface area (Å²) < 4.78 is 6.58. The number of benzene rings is 1. The average molecular weight is 327 g/mol. The Morgan fingerprint density at radius 1 is 1.12 bits per heavy atom. The van der Waals surface area contributed by atoms with E-state index in [2.05, 4.69) is 53.7 Å². The van der Waals surface area contributed by atoms with Crippen LogP contribution in [0.4, 0.5) is 0 Å². The number of rotatable bonds is 4. The Bertz CT molecular complexity index is 650. The lowest BCUT2D eigenvalue weighted by molar-refractivity contribution is 0.00816. The second-order valence-corrected chi connectivity index (χ2v) is 8.56. The van der Waals surface area contributed by atoms with Crippen LogP contribution in [0.5, 0.6) is 5.75 Å². The highest BCUT2D eigenvalue weighted by Gasteiger charge is 2.45. The molecule has 1 aromatic carbocycles. The van der Waals surface area contributed by atoms with Gasteiger partial charge in [-0.25, -0.2) is 0 Å². The Morgan fingerprint density at radius 2 is 1.88 bits per heavy atom. The molecular weight excluding hydrogens is 292 g/mol. The van der Waals surface area contributed by atoms with E-state index in [1.54, 1.807) is 5.57 Å². The molecule has 2 aliphatic rings. The molecule has 0 N–H and O–H groups in total. The highest BCUT2D eigenvalue weighted by molar-refractivity contribution is 5.53. The van der Waals surface area contributed by atoms with E-state index in [1.165, 1.54) is 60.1 Å². The van der Waals surface area contributed by atoms with E-state index in [0.29, 0.717) is 11.8 Å². The van der Waals surface area contributed by atoms with Gasteiger partial charge in [0.1, 0.15) is 11.4 Å². The van der Waals surface area contributed by atoms with Gasteiger partial charge in [-0.05, 0) is 89.0 Å². The van der Waals surface area contributed by atoms with Crippen molar-refractivity contribution >= 4 is 0 Å². The van der Waals surface area contributed by atoms with Gasteiger partial charge in [-0.2, -0.15) is 0 Å². The molecule has 1 nitrogen and oxygen atoms in total. The molecule has 0 saturated carbocycles. The van der Waals surface area contributed by atoms with Crippen LogP contribution in [-0.2, 0) is 6.42 Å². The summed E-state index contributed by atoms with van der Waals surface area (Å²) in [5, 5.41) is 0. The molecule has 1 aliphatic heterocycles. The summed E-state index contributed by atoms with van der Waals surface area (Å²) in [5.74, 6) is 2.39. The predicted octanol–water partition coefficient (Wildman–Crippen LogP) is 6.65. The maximum absolute atomic E-state index is 6.58. The van der Waals surface area contributed by atoms with Gasteiger partial charge in [-0.3, -0.25) is 0 Å². The second-order valence-electron chi connectivity index (χ2n) is 8.56. The highest BCUT2D eigenvalue weighted by Crippen LogP contribution is 2.53. The van der Waals surface area contributed by atoms with E-state index in [9.17, 15) is 0 Å². The minimum Gasteiger partial charge on any atom is -0.487 e. The van der Waals surface area contributed by atoms with Crippen molar-refractivity contribution in [3.05, 3.63) is 40.0 Å². The number of hydrogen-bond donors (Lipinski definition) is 0. The van der Waals surface area contributed by atoms with Gasteiger partial charge < -0.3 is 4.74 Å². The Labute approximate surface area is 148 Å². The minimum atomic E-state index is -0.0722. The molecule has 0 amide bonds. The van der Waals surface area contributed by atoms with E-state index < -0.39 is 0 Å². The molecule has 1 aromatic rings. The van der Waals surface area contributed by atoms with E-state index in [0.717, 1.165) is 6.42 Å². The van der Waals surface area contributed by atoms with Gasteiger partial charge in [0.05, 0.1) is 0 Å². The van der Waals surface area contributed by atoms with Crippen LogP contribution < -0.4 is 4.74 Å². The molecule has 2 unspecified atom stereocenters. The molecular formula is C23H34O. The molecule has 1 heteroatoms. The predicted molar refractivity (Wildman–Crippen MR) is 103 cm³/mol. The van der Waals surface area contributed by atoms with Crippen LogP contribution in [0.25, 0.3) is 0 Å². The molecule has 0 saturated heterocycles. The van der Waals surface area contributed by atoms with Crippen molar-refractivity contribution in [1.82, 2.24) is 0 Å². The van der Waals surface area contributed by atoms with E-state index in [1.807, 2.05) is 0 Å². The van der Waals surface area contributed by atoms with Crippen molar-refractivity contribution in [2.24, 2.45) is 5.92 Å². The Balaban J connectivity index is 2.03. The topological polar surface area (TPSA) is 9.23 Å². The van der Waals surface area contributed by atoms with Crippen molar-refractivity contribution in [2.45, 2.75) is 91.6 Å². The third kappa shape index (κ3) is 3.03. The number of allylic oxidation sites excluding steroid dienone is 2. The summed E-state index contributed by atoms with van der Waals surface area (Å²) in [6, 6.07) is 2.37. The van der Waals surface area contributed by atoms with Gasteiger partial charge in [-0.1, -0.05) is 31.4 Å². The van der Waals surface area contributed by atoms with Crippen molar-refractivity contribution in [3.8, 4) is 5.75 Å². The van der Waals surface area contributed by atoms with E-state index in [4.69, 9.17) is 4.74 Å². The number of aryl methyl sites for hydroxylation is 1. The SMILES string of the molecule is CCCCCc1cc2c(c(C)c1C)C1CC(C)=CCC1C(C)(C)O2. The number of fused-ring (bicyclic) bond motifs is 3. The summed E-state index contributed by atoms with van der Waals surface area (Å²) in [4.78, 5) is 0. The summed E-state index contributed by atoms with van der Waals surface area (Å²) in [6.45, 7) is 13.8. The van der Waals surface area contributed by atoms with Crippen LogP contribution in [0.1, 0.15) is 88.0 Å². The van der Waals surface area contributed by atoms with Crippen LogP contribution in [0.15, 0.2) is 17.7 Å². The molecule has 24 heavy (non-hydrogen) atoms. The van der Waals surface area contributed by atoms with Crippen molar-refractivity contribution < 1.29 is 4.74 Å². The zero-order chi connectivity index (χ0) is 17.5. The number of ether oxygens (including phenoxy) is 1. The summed E-state index contributed by atoms with van der Waals surface area (Å²) in [5.41, 5.74) is 7.46. The van der Waals surface area contributed by atoms with Crippen LogP contribution in [0.3, 0.4) is 0 Å². The van der Waals surface area contributed by atoms with Gasteiger partial charge in [-0.15, -0.1) is 0 Å². The van der Waals surface area contributed by atoms with Crippen LogP contribution in [0.2, 0.25) is 0 Å². The third-order valence-corrected chi connectivity index (χ3v) is 6.45. The van der Waals surface area contributed by atoms with Crippen LogP contribution in [0, 0.1) is 19.8 Å². The third-order valence-electron chi connectivity index (χ3n) is 6.45. The van der Waals surface area contributed by atoms with Gasteiger partial charge in [0.25, 0.3) is 0 Å². The minimum absolute atomic E-state index is 0.0722. The first-order chi connectivity index (χ1) is 11.3. The Morgan fingerprint density at radius 3 is 2.58 bits per heavy atom. The van der Waals surface area contributed by atoms with Crippen LogP contribution >= 0.6 is 0 Å². The second kappa shape index (κ2) is 6.58.